The van der Waals surface area contributed by atoms with Crippen molar-refractivity contribution in [2.24, 2.45) is 5.41 Å². The molecule has 0 spiro atoms. The third kappa shape index (κ3) is 2.77. The number of benzene rings is 1. The van der Waals surface area contributed by atoms with Gasteiger partial charge >= 0.3 is 0 Å². The third-order valence-corrected chi connectivity index (χ3v) is 3.20. The van der Waals surface area contributed by atoms with E-state index in [1.54, 1.807) is 0 Å². The van der Waals surface area contributed by atoms with Crippen molar-refractivity contribution in [1.29, 1.82) is 0 Å². The largest absolute Gasteiger partial charge is 0.375 e. The number of carbonyl (C=O) groups is 1. The van der Waals surface area contributed by atoms with E-state index in [2.05, 4.69) is 0 Å². The van der Waals surface area contributed by atoms with E-state index in [1.165, 1.54) is 0 Å². The lowest BCUT2D eigenvalue weighted by Crippen LogP contribution is -2.33. The molecule has 2 rings (SSSR count). The van der Waals surface area contributed by atoms with Crippen molar-refractivity contribution in [3.63, 3.8) is 0 Å². The molecule has 0 radical (unpaired) electrons. The van der Waals surface area contributed by atoms with Crippen molar-refractivity contribution in [1.82, 2.24) is 0 Å². The number of hydrogen-bond donors (Lipinski definition) is 0. The van der Waals surface area contributed by atoms with Crippen molar-refractivity contribution in [2.45, 2.75) is 20.5 Å². The number of ether oxygens (including phenoxy) is 1. The Bertz CT molecular complexity index is 485. The Morgan fingerprint density at radius 2 is 1.94 bits per heavy atom. The minimum absolute atomic E-state index is 0.151. The highest BCUT2D eigenvalue weighted by Crippen LogP contribution is 2.28. The molecule has 0 aromatic heterocycles. The van der Waals surface area contributed by atoms with Crippen LogP contribution in [0.4, 0.5) is 0 Å². The van der Waals surface area contributed by atoms with Crippen LogP contribution in [0, 0.1) is 5.41 Å². The van der Waals surface area contributed by atoms with Crippen LogP contribution < -0.4 is 0 Å². The SMILES string of the molecule is CC1=CC=CC(C)(COCc2ccccc2)C1=O. The van der Waals surface area contributed by atoms with E-state index in [9.17, 15) is 4.79 Å². The molecule has 0 heterocycles. The maximum Gasteiger partial charge on any atom is 0.170 e. The molecule has 1 aliphatic carbocycles. The Labute approximate surface area is 108 Å². The van der Waals surface area contributed by atoms with Gasteiger partial charge in [-0.2, -0.15) is 0 Å². The number of allylic oxidation sites excluding steroid dienone is 3. The zero-order valence-electron chi connectivity index (χ0n) is 10.8. The molecule has 1 atom stereocenters. The second kappa shape index (κ2) is 5.32. The highest BCUT2D eigenvalue weighted by atomic mass is 16.5. The number of Topliss-reactive ketones (excluding diaryl/α,β-unsaturated/α-hetero) is 1. The summed E-state index contributed by atoms with van der Waals surface area (Å²) in [5, 5.41) is 0. The standard InChI is InChI=1S/C16H18O2/c1-13-7-6-10-16(2,15(13)17)12-18-11-14-8-4-3-5-9-14/h3-10H,11-12H2,1-2H3. The van der Waals surface area contributed by atoms with Gasteiger partial charge in [-0.05, 0) is 25.0 Å². The van der Waals surface area contributed by atoms with Gasteiger partial charge in [0.2, 0.25) is 0 Å². The molecule has 0 saturated carbocycles. The first-order chi connectivity index (χ1) is 8.62. The molecule has 94 valence electrons. The van der Waals surface area contributed by atoms with Crippen molar-refractivity contribution < 1.29 is 9.53 Å². The fourth-order valence-electron chi connectivity index (χ4n) is 2.08. The summed E-state index contributed by atoms with van der Waals surface area (Å²) >= 11 is 0. The van der Waals surface area contributed by atoms with Gasteiger partial charge in [-0.25, -0.2) is 0 Å². The van der Waals surface area contributed by atoms with E-state index in [0.29, 0.717) is 13.2 Å². The highest BCUT2D eigenvalue weighted by Gasteiger charge is 2.32. The van der Waals surface area contributed by atoms with Gasteiger partial charge in [0.15, 0.2) is 5.78 Å². The van der Waals surface area contributed by atoms with E-state index in [1.807, 2.05) is 62.4 Å². The van der Waals surface area contributed by atoms with Crippen LogP contribution in [0.25, 0.3) is 0 Å². The molecule has 0 saturated heterocycles. The second-order valence-electron chi connectivity index (χ2n) is 4.93. The van der Waals surface area contributed by atoms with Crippen molar-refractivity contribution in [2.75, 3.05) is 6.61 Å². The van der Waals surface area contributed by atoms with Gasteiger partial charge in [0.05, 0.1) is 18.6 Å². The number of ketones is 1. The summed E-state index contributed by atoms with van der Waals surface area (Å²) in [5.74, 6) is 0.151. The topological polar surface area (TPSA) is 26.3 Å². The van der Waals surface area contributed by atoms with Crippen LogP contribution in [0.1, 0.15) is 19.4 Å². The van der Waals surface area contributed by atoms with Gasteiger partial charge < -0.3 is 4.74 Å². The van der Waals surface area contributed by atoms with Gasteiger partial charge in [-0.3, -0.25) is 4.79 Å². The van der Waals surface area contributed by atoms with Crippen LogP contribution in [0.15, 0.2) is 54.1 Å². The Morgan fingerprint density at radius 1 is 1.22 bits per heavy atom. The van der Waals surface area contributed by atoms with Crippen LogP contribution in [-0.2, 0) is 16.1 Å². The maximum absolute atomic E-state index is 12.1. The van der Waals surface area contributed by atoms with Gasteiger partial charge in [0.25, 0.3) is 0 Å². The highest BCUT2D eigenvalue weighted by molar-refractivity contribution is 6.01. The lowest BCUT2D eigenvalue weighted by atomic mass is 9.80. The molecule has 1 aromatic rings. The smallest absolute Gasteiger partial charge is 0.170 e. The average molecular weight is 242 g/mol. The predicted molar refractivity (Wildman–Crippen MR) is 72.1 cm³/mol. The van der Waals surface area contributed by atoms with Crippen molar-refractivity contribution >= 4 is 5.78 Å². The normalized spacial score (nSPS) is 23.0. The Morgan fingerprint density at radius 3 is 2.67 bits per heavy atom. The summed E-state index contributed by atoms with van der Waals surface area (Å²) in [6.45, 7) is 4.73. The first kappa shape index (κ1) is 12.8. The van der Waals surface area contributed by atoms with E-state index in [0.717, 1.165) is 11.1 Å². The molecule has 1 aromatic carbocycles. The fourth-order valence-corrected chi connectivity index (χ4v) is 2.08. The molecule has 0 aliphatic heterocycles. The first-order valence-corrected chi connectivity index (χ1v) is 6.14. The van der Waals surface area contributed by atoms with Gasteiger partial charge in [-0.1, -0.05) is 48.6 Å². The fraction of sp³-hybridized carbons (Fsp3) is 0.312. The summed E-state index contributed by atoms with van der Waals surface area (Å²) in [5.41, 5.74) is 1.40. The molecular weight excluding hydrogens is 224 g/mol. The number of rotatable bonds is 4. The van der Waals surface area contributed by atoms with Crippen LogP contribution in [-0.4, -0.2) is 12.4 Å². The van der Waals surface area contributed by atoms with Crippen LogP contribution in [0.2, 0.25) is 0 Å². The maximum atomic E-state index is 12.1. The molecule has 0 fully saturated rings. The van der Waals surface area contributed by atoms with Crippen molar-refractivity contribution in [3.05, 3.63) is 59.7 Å². The molecule has 18 heavy (non-hydrogen) atoms. The molecular formula is C16H18O2. The minimum atomic E-state index is -0.520. The van der Waals surface area contributed by atoms with E-state index in [-0.39, 0.29) is 5.78 Å². The van der Waals surface area contributed by atoms with Gasteiger partial charge in [-0.15, -0.1) is 0 Å². The Kier molecular flexibility index (Phi) is 3.78. The molecule has 0 N–H and O–H groups in total. The van der Waals surface area contributed by atoms with E-state index >= 15 is 0 Å². The summed E-state index contributed by atoms with van der Waals surface area (Å²) in [6.07, 6.45) is 5.71. The molecule has 2 nitrogen and oxygen atoms in total. The monoisotopic (exact) mass is 242 g/mol. The Hall–Kier alpha value is -1.67. The third-order valence-electron chi connectivity index (χ3n) is 3.20. The average Bonchev–Trinajstić information content (AvgIpc) is 2.37. The lowest BCUT2D eigenvalue weighted by Gasteiger charge is -2.26. The van der Waals surface area contributed by atoms with Crippen LogP contribution >= 0.6 is 0 Å². The van der Waals surface area contributed by atoms with E-state index < -0.39 is 5.41 Å². The molecule has 1 unspecified atom stereocenters. The van der Waals surface area contributed by atoms with Crippen molar-refractivity contribution in [3.8, 4) is 0 Å². The Balaban J connectivity index is 1.93. The summed E-state index contributed by atoms with van der Waals surface area (Å²) in [7, 11) is 0. The summed E-state index contributed by atoms with van der Waals surface area (Å²) in [4.78, 5) is 12.1. The predicted octanol–water partition coefficient (Wildman–Crippen LogP) is 3.29. The minimum Gasteiger partial charge on any atom is -0.375 e. The van der Waals surface area contributed by atoms with Gasteiger partial charge in [0, 0.05) is 0 Å². The van der Waals surface area contributed by atoms with E-state index in [4.69, 9.17) is 4.74 Å². The molecule has 2 heteroatoms. The first-order valence-electron chi connectivity index (χ1n) is 6.14. The van der Waals surface area contributed by atoms with Crippen LogP contribution in [0.5, 0.6) is 0 Å². The molecule has 0 amide bonds. The number of carbonyl (C=O) groups excluding carboxylic acids is 1. The zero-order chi connectivity index (χ0) is 13.0. The summed E-state index contributed by atoms with van der Waals surface area (Å²) in [6, 6.07) is 9.99. The quantitative estimate of drug-likeness (QED) is 0.809. The molecule has 0 bridgehead atoms. The lowest BCUT2D eigenvalue weighted by molar-refractivity contribution is -0.124. The molecule has 1 aliphatic rings. The summed E-state index contributed by atoms with van der Waals surface area (Å²) < 4.78 is 5.68. The van der Waals surface area contributed by atoms with Crippen LogP contribution in [0.3, 0.4) is 0 Å². The number of hydrogen-bond acceptors (Lipinski definition) is 2. The second-order valence-corrected chi connectivity index (χ2v) is 4.93. The zero-order valence-corrected chi connectivity index (χ0v) is 10.8. The van der Waals surface area contributed by atoms with Gasteiger partial charge in [0.1, 0.15) is 0 Å².